The van der Waals surface area contributed by atoms with Crippen LogP contribution in [0.4, 0.5) is 0 Å². The maximum atomic E-state index is 14.4. The lowest BCUT2D eigenvalue weighted by atomic mass is 9.98. The number of nitrogens with one attached hydrogen (secondary N) is 2. The molecule has 252 valence electrons. The van der Waals surface area contributed by atoms with Crippen LogP contribution in [0.3, 0.4) is 0 Å². The second kappa shape index (κ2) is 17.5. The molecule has 2 N–H and O–H groups in total. The van der Waals surface area contributed by atoms with Crippen LogP contribution >= 0.6 is 11.3 Å². The molecule has 0 unspecified atom stereocenters. The summed E-state index contributed by atoms with van der Waals surface area (Å²) in [4.78, 5) is 49.7. The number of amides is 3. The molecule has 2 aromatic heterocycles. The Hall–Kier alpha value is -4.60. The van der Waals surface area contributed by atoms with E-state index in [4.69, 9.17) is 0 Å². The fourth-order valence-electron chi connectivity index (χ4n) is 5.32. The number of hydrogen-bond donors (Lipinski definition) is 2. The largest absolute Gasteiger partial charge is 0.354 e. The fourth-order valence-corrected chi connectivity index (χ4v) is 6.06. The van der Waals surface area contributed by atoms with Gasteiger partial charge in [0.15, 0.2) is 0 Å². The second-order valence-electron chi connectivity index (χ2n) is 12.6. The summed E-state index contributed by atoms with van der Waals surface area (Å²) in [6.07, 6.45) is 8.79. The highest BCUT2D eigenvalue weighted by Crippen LogP contribution is 2.22. The van der Waals surface area contributed by atoms with E-state index < -0.39 is 12.1 Å². The zero-order valence-electron chi connectivity index (χ0n) is 28.6. The van der Waals surface area contributed by atoms with Crippen LogP contribution in [0.25, 0.3) is 11.1 Å². The van der Waals surface area contributed by atoms with Crippen LogP contribution in [0.15, 0.2) is 109 Å². The van der Waals surface area contributed by atoms with Crippen LogP contribution < -0.4 is 10.6 Å². The summed E-state index contributed by atoms with van der Waals surface area (Å²) in [6, 6.07) is 24.3. The number of carbonyl (C=O) groups excluding carboxylic acids is 3. The number of carbonyl (C=O) groups is 3. The van der Waals surface area contributed by atoms with Gasteiger partial charge in [-0.05, 0) is 85.6 Å². The molecule has 2 atom stereocenters. The molecule has 48 heavy (non-hydrogen) atoms. The topological polar surface area (TPSA) is 94.6 Å². The first-order valence-corrected chi connectivity index (χ1v) is 17.2. The zero-order valence-corrected chi connectivity index (χ0v) is 29.4. The first-order valence-electron chi connectivity index (χ1n) is 16.3. The molecule has 0 saturated heterocycles. The van der Waals surface area contributed by atoms with Crippen molar-refractivity contribution in [2.45, 2.75) is 57.2 Å². The number of pyridine rings is 1. The van der Waals surface area contributed by atoms with Gasteiger partial charge in [-0.15, -0.1) is 11.3 Å². The lowest BCUT2D eigenvalue weighted by molar-refractivity contribution is -0.146. The highest BCUT2D eigenvalue weighted by Gasteiger charge is 2.35. The van der Waals surface area contributed by atoms with Crippen molar-refractivity contribution in [1.29, 1.82) is 0 Å². The summed E-state index contributed by atoms with van der Waals surface area (Å²) in [5, 5.41) is 8.24. The van der Waals surface area contributed by atoms with Gasteiger partial charge in [0.2, 0.25) is 17.7 Å². The molecule has 4 rings (SSSR count). The minimum absolute atomic E-state index is 0.176. The number of likely N-dealkylation sites (N-methyl/N-ethyl adjacent to an activating group) is 2. The number of aromatic nitrogens is 1. The van der Waals surface area contributed by atoms with E-state index >= 15 is 0 Å². The van der Waals surface area contributed by atoms with Gasteiger partial charge in [-0.3, -0.25) is 19.4 Å². The molecule has 8 nitrogen and oxygen atoms in total. The zero-order chi connectivity index (χ0) is 34.5. The predicted molar refractivity (Wildman–Crippen MR) is 195 cm³/mol. The van der Waals surface area contributed by atoms with Crippen molar-refractivity contribution >= 4 is 29.1 Å². The van der Waals surface area contributed by atoms with Gasteiger partial charge in [0.05, 0.1) is 0 Å². The third-order valence-electron chi connectivity index (χ3n) is 8.71. The predicted octanol–water partition coefficient (Wildman–Crippen LogP) is 5.55. The van der Waals surface area contributed by atoms with E-state index in [1.807, 2.05) is 85.2 Å². The van der Waals surface area contributed by atoms with Crippen LogP contribution in [-0.4, -0.2) is 77.8 Å². The molecule has 0 bridgehead atoms. The Morgan fingerprint density at radius 2 is 1.52 bits per heavy atom. The van der Waals surface area contributed by atoms with E-state index in [2.05, 4.69) is 41.6 Å². The lowest BCUT2D eigenvalue weighted by Gasteiger charge is -2.34. The lowest BCUT2D eigenvalue weighted by Crippen LogP contribution is -2.56. The van der Waals surface area contributed by atoms with Gasteiger partial charge in [0, 0.05) is 56.3 Å². The molecule has 2 aromatic carbocycles. The minimum atomic E-state index is -0.831. The number of hydrogen-bond acceptors (Lipinski definition) is 6. The number of benzene rings is 2. The van der Waals surface area contributed by atoms with Crippen molar-refractivity contribution in [3.05, 3.63) is 125 Å². The Balaban J connectivity index is 1.57. The minimum Gasteiger partial charge on any atom is -0.354 e. The van der Waals surface area contributed by atoms with Crippen LogP contribution in [-0.2, 0) is 33.6 Å². The Morgan fingerprint density at radius 1 is 0.833 bits per heavy atom. The maximum absolute atomic E-state index is 14.4. The number of thiophene rings is 1. The van der Waals surface area contributed by atoms with Crippen molar-refractivity contribution in [2.75, 3.05) is 27.7 Å². The highest BCUT2D eigenvalue weighted by atomic mass is 32.1. The Kier molecular flexibility index (Phi) is 13.2. The van der Waals surface area contributed by atoms with Crippen LogP contribution in [0.5, 0.6) is 0 Å². The van der Waals surface area contributed by atoms with E-state index in [9.17, 15) is 14.4 Å². The van der Waals surface area contributed by atoms with Gasteiger partial charge in [0.1, 0.15) is 12.1 Å². The van der Waals surface area contributed by atoms with E-state index in [1.54, 1.807) is 37.8 Å². The molecule has 0 fully saturated rings. The van der Waals surface area contributed by atoms with Gasteiger partial charge < -0.3 is 20.4 Å². The number of rotatable bonds is 16. The van der Waals surface area contributed by atoms with E-state index in [0.29, 0.717) is 32.2 Å². The number of nitrogens with zero attached hydrogens (tertiary/aromatic N) is 3. The molecular weight excluding hydrogens is 619 g/mol. The summed E-state index contributed by atoms with van der Waals surface area (Å²) in [5.41, 5.74) is 3.97. The molecule has 0 spiro atoms. The van der Waals surface area contributed by atoms with Gasteiger partial charge >= 0.3 is 0 Å². The highest BCUT2D eigenvalue weighted by molar-refractivity contribution is 7.09. The molecule has 2 heterocycles. The molecule has 0 aliphatic heterocycles. The molecule has 0 aliphatic rings. The average molecular weight is 666 g/mol. The average Bonchev–Trinajstić information content (AvgIpc) is 3.63. The van der Waals surface area contributed by atoms with Crippen molar-refractivity contribution in [2.24, 2.45) is 0 Å². The maximum Gasteiger partial charge on any atom is 0.246 e. The SMILES string of the molecule is CNC(C)(C)C/C=C/C(=O)N(C)[C@H](Cc1ccc(-c2ccccc2)cc1)C(=O)N(C)[C@H](Cc1cccs1)C(=O)NCCc1ccncc1. The third-order valence-corrected chi connectivity index (χ3v) is 9.61. The molecule has 3 amide bonds. The van der Waals surface area contributed by atoms with Crippen LogP contribution in [0.1, 0.15) is 36.3 Å². The van der Waals surface area contributed by atoms with Gasteiger partial charge in [-0.1, -0.05) is 66.7 Å². The third kappa shape index (κ3) is 10.5. The van der Waals surface area contributed by atoms with Gasteiger partial charge in [-0.25, -0.2) is 0 Å². The van der Waals surface area contributed by atoms with Gasteiger partial charge in [0.25, 0.3) is 0 Å². The van der Waals surface area contributed by atoms with Crippen molar-refractivity contribution in [1.82, 2.24) is 25.4 Å². The summed E-state index contributed by atoms with van der Waals surface area (Å²) in [6.45, 7) is 4.54. The van der Waals surface area contributed by atoms with Crippen LogP contribution in [0, 0.1) is 0 Å². The Bertz CT molecular complexity index is 1620. The standard InChI is InChI=1S/C39H47N5O3S/c1-39(2,40-3)22-9-14-36(45)43(4)35(27-30-15-17-32(18-16-30)31-11-7-6-8-12-31)38(47)44(5)34(28-33-13-10-26-48-33)37(46)42-25-21-29-19-23-41-24-20-29/h6-20,23-24,26,34-35,40H,21-22,25,27-28H2,1-5H3,(H,42,46)/b14-9+/t34-,35-/m1/s1. The molecule has 0 saturated carbocycles. The normalized spacial score (nSPS) is 12.8. The Labute approximate surface area is 288 Å². The summed E-state index contributed by atoms with van der Waals surface area (Å²) < 4.78 is 0. The first kappa shape index (κ1) is 36.2. The van der Waals surface area contributed by atoms with E-state index in [-0.39, 0.29) is 23.3 Å². The quantitative estimate of drug-likeness (QED) is 0.153. The second-order valence-corrected chi connectivity index (χ2v) is 13.6. The molecular formula is C39H47N5O3S. The van der Waals surface area contributed by atoms with E-state index in [1.165, 1.54) is 15.9 Å². The monoisotopic (exact) mass is 665 g/mol. The summed E-state index contributed by atoms with van der Waals surface area (Å²) in [7, 11) is 5.21. The van der Waals surface area contributed by atoms with Crippen molar-refractivity contribution < 1.29 is 14.4 Å². The molecule has 9 heteroatoms. The van der Waals surface area contributed by atoms with Crippen molar-refractivity contribution in [3.63, 3.8) is 0 Å². The molecule has 0 aliphatic carbocycles. The van der Waals surface area contributed by atoms with Crippen LogP contribution in [0.2, 0.25) is 0 Å². The fraction of sp³-hybridized carbons (Fsp3) is 0.333. The summed E-state index contributed by atoms with van der Waals surface area (Å²) in [5.74, 6) is -0.804. The Morgan fingerprint density at radius 3 is 2.17 bits per heavy atom. The smallest absolute Gasteiger partial charge is 0.246 e. The van der Waals surface area contributed by atoms with Crippen molar-refractivity contribution in [3.8, 4) is 11.1 Å². The van der Waals surface area contributed by atoms with E-state index in [0.717, 1.165) is 27.1 Å². The van der Waals surface area contributed by atoms with Gasteiger partial charge in [-0.2, -0.15) is 0 Å². The first-order chi connectivity index (χ1) is 23.1. The summed E-state index contributed by atoms with van der Waals surface area (Å²) >= 11 is 1.55. The molecule has 0 radical (unpaired) electrons. The molecule has 4 aromatic rings.